The fourth-order valence-electron chi connectivity index (χ4n) is 1.58. The Balaban J connectivity index is 2.69. The van der Waals surface area contributed by atoms with Gasteiger partial charge in [0, 0.05) is 6.04 Å². The van der Waals surface area contributed by atoms with E-state index in [0.717, 1.165) is 0 Å². The van der Waals surface area contributed by atoms with Crippen molar-refractivity contribution in [3.63, 3.8) is 0 Å². The maximum atomic E-state index is 12.3. The van der Waals surface area contributed by atoms with Gasteiger partial charge in [-0.1, -0.05) is 0 Å². The van der Waals surface area contributed by atoms with Gasteiger partial charge in [-0.05, 0) is 12.8 Å². The summed E-state index contributed by atoms with van der Waals surface area (Å²) >= 11 is 0. The highest BCUT2D eigenvalue weighted by Gasteiger charge is 2.41. The summed E-state index contributed by atoms with van der Waals surface area (Å²) in [7, 11) is 0. The molecule has 0 aromatic rings. The number of halogens is 3. The van der Waals surface area contributed by atoms with Crippen molar-refractivity contribution in [2.24, 2.45) is 5.73 Å². The standard InChI is InChI=1S/C10H14F3N3O4/c11-10(12,13)4-16(5-1-2-5)9(20)15-6(8(18)19)3-7(14)17/h5-6H,1-4H2,(H2,14,17)(H,15,20)(H,18,19). The van der Waals surface area contributed by atoms with Crippen molar-refractivity contribution in [3.8, 4) is 0 Å². The van der Waals surface area contributed by atoms with E-state index in [9.17, 15) is 27.6 Å². The summed E-state index contributed by atoms with van der Waals surface area (Å²) < 4.78 is 37.0. The Morgan fingerprint density at radius 1 is 1.35 bits per heavy atom. The molecule has 0 heterocycles. The Hall–Kier alpha value is -2.00. The molecule has 20 heavy (non-hydrogen) atoms. The van der Waals surface area contributed by atoms with Crippen LogP contribution < -0.4 is 11.1 Å². The number of urea groups is 1. The Morgan fingerprint density at radius 2 is 1.90 bits per heavy atom. The number of carbonyl (C=O) groups excluding carboxylic acids is 2. The molecule has 1 rings (SSSR count). The summed E-state index contributed by atoms with van der Waals surface area (Å²) in [6.07, 6.45) is -4.41. The zero-order valence-electron chi connectivity index (χ0n) is 10.3. The van der Waals surface area contributed by atoms with E-state index in [-0.39, 0.29) is 0 Å². The lowest BCUT2D eigenvalue weighted by Crippen LogP contribution is -2.52. The Labute approximate surface area is 111 Å². The van der Waals surface area contributed by atoms with Crippen LogP contribution in [0.3, 0.4) is 0 Å². The number of nitrogens with zero attached hydrogens (tertiary/aromatic N) is 1. The van der Waals surface area contributed by atoms with Crippen molar-refractivity contribution in [1.29, 1.82) is 0 Å². The van der Waals surface area contributed by atoms with Gasteiger partial charge in [-0.15, -0.1) is 0 Å². The molecule has 10 heteroatoms. The molecular weight excluding hydrogens is 283 g/mol. The number of carbonyl (C=O) groups is 3. The highest BCUT2D eigenvalue weighted by atomic mass is 19.4. The molecule has 1 unspecified atom stereocenters. The second-order valence-corrected chi connectivity index (χ2v) is 4.49. The first kappa shape index (κ1) is 16.1. The number of carboxylic acids is 1. The van der Waals surface area contributed by atoms with Crippen molar-refractivity contribution in [3.05, 3.63) is 0 Å². The van der Waals surface area contributed by atoms with Gasteiger partial charge in [0.2, 0.25) is 5.91 Å². The molecule has 114 valence electrons. The molecule has 1 saturated carbocycles. The summed E-state index contributed by atoms with van der Waals surface area (Å²) in [5, 5.41) is 10.7. The molecule has 7 nitrogen and oxygen atoms in total. The lowest BCUT2D eigenvalue weighted by molar-refractivity contribution is -0.142. The second-order valence-electron chi connectivity index (χ2n) is 4.49. The van der Waals surface area contributed by atoms with Crippen molar-refractivity contribution < 1.29 is 32.7 Å². The third-order valence-electron chi connectivity index (χ3n) is 2.60. The average molecular weight is 297 g/mol. The van der Waals surface area contributed by atoms with Gasteiger partial charge < -0.3 is 21.1 Å². The summed E-state index contributed by atoms with van der Waals surface area (Å²) in [6.45, 7) is -1.47. The first-order valence-corrected chi connectivity index (χ1v) is 5.75. The molecule has 0 aromatic heterocycles. The van der Waals surface area contributed by atoms with E-state index in [0.29, 0.717) is 17.7 Å². The minimum atomic E-state index is -4.58. The Bertz CT molecular complexity index is 409. The fourth-order valence-corrected chi connectivity index (χ4v) is 1.58. The molecular formula is C10H14F3N3O4. The summed E-state index contributed by atoms with van der Waals surface area (Å²) in [5.74, 6) is -2.52. The highest BCUT2D eigenvalue weighted by Crippen LogP contribution is 2.30. The number of nitrogens with one attached hydrogen (secondary N) is 1. The Morgan fingerprint density at radius 3 is 2.25 bits per heavy atom. The lowest BCUT2D eigenvalue weighted by atomic mass is 10.2. The average Bonchev–Trinajstić information content (AvgIpc) is 3.06. The van der Waals surface area contributed by atoms with E-state index in [4.69, 9.17) is 10.8 Å². The van der Waals surface area contributed by atoms with E-state index < -0.39 is 49.1 Å². The monoisotopic (exact) mass is 297 g/mol. The number of alkyl halides is 3. The molecule has 1 aliphatic rings. The second kappa shape index (κ2) is 5.97. The highest BCUT2D eigenvalue weighted by molar-refractivity contribution is 5.87. The number of nitrogens with two attached hydrogens (primary N) is 1. The van der Waals surface area contributed by atoms with E-state index in [2.05, 4.69) is 0 Å². The van der Waals surface area contributed by atoms with Gasteiger partial charge in [-0.3, -0.25) is 4.79 Å². The van der Waals surface area contributed by atoms with Crippen LogP contribution in [0.25, 0.3) is 0 Å². The minimum absolute atomic E-state index is 0.428. The molecule has 4 N–H and O–H groups in total. The summed E-state index contributed by atoms with van der Waals surface area (Å²) in [6, 6.07) is -3.37. The van der Waals surface area contributed by atoms with Gasteiger partial charge in [0.25, 0.3) is 0 Å². The predicted octanol–water partition coefficient (Wildman–Crippen LogP) is 0.0513. The van der Waals surface area contributed by atoms with Gasteiger partial charge in [-0.2, -0.15) is 13.2 Å². The molecule has 3 amide bonds. The number of hydrogen-bond donors (Lipinski definition) is 3. The minimum Gasteiger partial charge on any atom is -0.480 e. The molecule has 1 atom stereocenters. The number of rotatable bonds is 6. The third kappa shape index (κ3) is 5.33. The van der Waals surface area contributed by atoms with Crippen LogP contribution in [-0.2, 0) is 9.59 Å². The molecule has 0 saturated heterocycles. The Kier molecular flexibility index (Phi) is 4.79. The largest absolute Gasteiger partial charge is 0.480 e. The normalized spacial score (nSPS) is 16.4. The molecule has 0 radical (unpaired) electrons. The maximum Gasteiger partial charge on any atom is 0.406 e. The van der Waals surface area contributed by atoms with Gasteiger partial charge in [0.15, 0.2) is 0 Å². The van der Waals surface area contributed by atoms with Crippen LogP contribution in [0.5, 0.6) is 0 Å². The van der Waals surface area contributed by atoms with Crippen molar-refractivity contribution in [1.82, 2.24) is 10.2 Å². The fraction of sp³-hybridized carbons (Fsp3) is 0.700. The van der Waals surface area contributed by atoms with Crippen LogP contribution in [-0.4, -0.2) is 52.7 Å². The number of carboxylic acid groups (broad SMARTS) is 1. The van der Waals surface area contributed by atoms with E-state index in [1.807, 2.05) is 5.32 Å². The first-order chi connectivity index (χ1) is 9.10. The van der Waals surface area contributed by atoms with E-state index in [1.54, 1.807) is 0 Å². The number of aliphatic carboxylic acids is 1. The van der Waals surface area contributed by atoms with E-state index in [1.165, 1.54) is 0 Å². The molecule has 1 fully saturated rings. The zero-order valence-corrected chi connectivity index (χ0v) is 10.3. The van der Waals surface area contributed by atoms with Crippen molar-refractivity contribution in [2.45, 2.75) is 37.5 Å². The number of hydrogen-bond acceptors (Lipinski definition) is 3. The molecule has 0 bridgehead atoms. The number of amides is 3. The van der Waals surface area contributed by atoms with Crippen LogP contribution >= 0.6 is 0 Å². The van der Waals surface area contributed by atoms with Gasteiger partial charge in [0.1, 0.15) is 12.6 Å². The molecule has 1 aliphatic carbocycles. The molecule has 0 spiro atoms. The van der Waals surface area contributed by atoms with Gasteiger partial charge >= 0.3 is 18.2 Å². The van der Waals surface area contributed by atoms with Crippen LogP contribution in [0, 0.1) is 0 Å². The first-order valence-electron chi connectivity index (χ1n) is 5.75. The van der Waals surface area contributed by atoms with Crippen LogP contribution in [0.1, 0.15) is 19.3 Å². The maximum absolute atomic E-state index is 12.3. The smallest absolute Gasteiger partial charge is 0.406 e. The molecule has 0 aliphatic heterocycles. The SMILES string of the molecule is NC(=O)CC(NC(=O)N(CC(F)(F)F)C1CC1)C(=O)O. The van der Waals surface area contributed by atoms with Crippen LogP contribution in [0.4, 0.5) is 18.0 Å². The zero-order chi connectivity index (χ0) is 15.5. The number of primary amides is 1. The lowest BCUT2D eigenvalue weighted by Gasteiger charge is -2.25. The predicted molar refractivity (Wildman–Crippen MR) is 59.5 cm³/mol. The van der Waals surface area contributed by atoms with E-state index >= 15 is 0 Å². The topological polar surface area (TPSA) is 113 Å². The molecule has 0 aromatic carbocycles. The summed E-state index contributed by atoms with van der Waals surface area (Å²) in [4.78, 5) is 33.7. The van der Waals surface area contributed by atoms with Gasteiger partial charge in [0.05, 0.1) is 6.42 Å². The van der Waals surface area contributed by atoms with Gasteiger partial charge in [-0.25, -0.2) is 9.59 Å². The van der Waals surface area contributed by atoms with Crippen molar-refractivity contribution >= 4 is 17.9 Å². The summed E-state index contributed by atoms with van der Waals surface area (Å²) in [5.41, 5.74) is 4.81. The quantitative estimate of drug-likeness (QED) is 0.643. The third-order valence-corrected chi connectivity index (χ3v) is 2.60. The van der Waals surface area contributed by atoms with Crippen molar-refractivity contribution in [2.75, 3.05) is 6.54 Å². The van der Waals surface area contributed by atoms with Crippen LogP contribution in [0.2, 0.25) is 0 Å². The van der Waals surface area contributed by atoms with Crippen LogP contribution in [0.15, 0.2) is 0 Å².